The number of carbonyl (C=O) groups excluding carboxylic acids is 1. The first-order valence-corrected chi connectivity index (χ1v) is 6.80. The zero-order valence-corrected chi connectivity index (χ0v) is 11.9. The molecule has 0 radical (unpaired) electrons. The second-order valence-electron chi connectivity index (χ2n) is 4.72. The normalized spacial score (nSPS) is 11.2. The summed E-state index contributed by atoms with van der Waals surface area (Å²) in [7, 11) is 0. The van der Waals surface area contributed by atoms with E-state index in [2.05, 4.69) is 10.6 Å². The Morgan fingerprint density at radius 3 is 2.81 bits per heavy atom. The average Bonchev–Trinajstić information content (AvgIpc) is 2.45. The molecular weight excluding hydrogens is 270 g/mol. The standard InChI is InChI=1S/C15H19N3O3/c1-2-4-13(8-14(19)20)18-15(21)17-10-12-6-3-5-11(7-12)9-16/h3,5-7,13H,2,4,8,10H2,1H3,(H,19,20)(H2,17,18,21). The second kappa shape index (κ2) is 8.59. The van der Waals surface area contributed by atoms with Crippen molar-refractivity contribution in [2.45, 2.75) is 38.8 Å². The Labute approximate surface area is 123 Å². The molecule has 1 aromatic rings. The number of nitrogens with zero attached hydrogens (tertiary/aromatic N) is 1. The lowest BCUT2D eigenvalue weighted by molar-refractivity contribution is -0.137. The van der Waals surface area contributed by atoms with Gasteiger partial charge in [0.25, 0.3) is 0 Å². The minimum Gasteiger partial charge on any atom is -0.481 e. The molecule has 0 aliphatic heterocycles. The van der Waals surface area contributed by atoms with Gasteiger partial charge in [0.1, 0.15) is 0 Å². The van der Waals surface area contributed by atoms with E-state index in [0.717, 1.165) is 12.0 Å². The fourth-order valence-corrected chi connectivity index (χ4v) is 1.95. The highest BCUT2D eigenvalue weighted by molar-refractivity contribution is 5.75. The van der Waals surface area contributed by atoms with Crippen LogP contribution in [0.1, 0.15) is 37.3 Å². The van der Waals surface area contributed by atoms with Gasteiger partial charge in [-0.25, -0.2) is 4.79 Å². The molecule has 0 bridgehead atoms. The number of carboxylic acids is 1. The molecule has 0 saturated heterocycles. The van der Waals surface area contributed by atoms with Crippen molar-refractivity contribution in [3.8, 4) is 6.07 Å². The van der Waals surface area contributed by atoms with E-state index in [0.29, 0.717) is 12.0 Å². The summed E-state index contributed by atoms with van der Waals surface area (Å²) in [5.41, 5.74) is 1.35. The van der Waals surface area contributed by atoms with E-state index < -0.39 is 12.0 Å². The Bertz CT molecular complexity index is 537. The molecule has 2 amide bonds. The quantitative estimate of drug-likeness (QED) is 0.714. The summed E-state index contributed by atoms with van der Waals surface area (Å²) in [6, 6.07) is 8.19. The maximum absolute atomic E-state index is 11.8. The summed E-state index contributed by atoms with van der Waals surface area (Å²) in [6.07, 6.45) is 1.32. The molecule has 3 N–H and O–H groups in total. The Hall–Kier alpha value is -2.55. The monoisotopic (exact) mass is 289 g/mol. The summed E-state index contributed by atoms with van der Waals surface area (Å²) < 4.78 is 0. The van der Waals surface area contributed by atoms with Crippen molar-refractivity contribution in [2.75, 3.05) is 0 Å². The molecule has 21 heavy (non-hydrogen) atoms. The molecule has 0 spiro atoms. The van der Waals surface area contributed by atoms with Crippen molar-refractivity contribution in [1.29, 1.82) is 5.26 Å². The van der Waals surface area contributed by atoms with Crippen LogP contribution in [0.3, 0.4) is 0 Å². The summed E-state index contributed by atoms with van der Waals surface area (Å²) in [6.45, 7) is 2.22. The number of hydrogen-bond donors (Lipinski definition) is 3. The third-order valence-corrected chi connectivity index (χ3v) is 2.90. The Kier molecular flexibility index (Phi) is 6.75. The molecule has 1 atom stereocenters. The minimum atomic E-state index is -0.935. The van der Waals surface area contributed by atoms with Crippen molar-refractivity contribution >= 4 is 12.0 Å². The molecule has 6 nitrogen and oxygen atoms in total. The number of aliphatic carboxylic acids is 1. The highest BCUT2D eigenvalue weighted by Gasteiger charge is 2.14. The zero-order chi connectivity index (χ0) is 15.7. The maximum atomic E-state index is 11.8. The number of benzene rings is 1. The van der Waals surface area contributed by atoms with Gasteiger partial charge in [0.15, 0.2) is 0 Å². The molecule has 1 aromatic carbocycles. The molecule has 6 heteroatoms. The van der Waals surface area contributed by atoms with E-state index in [1.165, 1.54) is 0 Å². The zero-order valence-electron chi connectivity index (χ0n) is 11.9. The maximum Gasteiger partial charge on any atom is 0.315 e. The van der Waals surface area contributed by atoms with E-state index >= 15 is 0 Å². The van der Waals surface area contributed by atoms with Crippen LogP contribution < -0.4 is 10.6 Å². The van der Waals surface area contributed by atoms with Gasteiger partial charge in [-0.15, -0.1) is 0 Å². The van der Waals surface area contributed by atoms with Crippen LogP contribution in [0.5, 0.6) is 0 Å². The number of carboxylic acid groups (broad SMARTS) is 1. The fourth-order valence-electron chi connectivity index (χ4n) is 1.95. The summed E-state index contributed by atoms with van der Waals surface area (Å²) in [5.74, 6) is -0.935. The van der Waals surface area contributed by atoms with Gasteiger partial charge < -0.3 is 15.7 Å². The Morgan fingerprint density at radius 2 is 2.19 bits per heavy atom. The van der Waals surface area contributed by atoms with E-state index in [4.69, 9.17) is 10.4 Å². The van der Waals surface area contributed by atoms with Gasteiger partial charge >= 0.3 is 12.0 Å². The number of rotatable bonds is 7. The third-order valence-electron chi connectivity index (χ3n) is 2.90. The van der Waals surface area contributed by atoms with Crippen LogP contribution >= 0.6 is 0 Å². The van der Waals surface area contributed by atoms with Crippen LogP contribution in [-0.2, 0) is 11.3 Å². The fraction of sp³-hybridized carbons (Fsp3) is 0.400. The van der Waals surface area contributed by atoms with Gasteiger partial charge in [0, 0.05) is 12.6 Å². The van der Waals surface area contributed by atoms with E-state index in [1.54, 1.807) is 18.2 Å². The predicted octanol–water partition coefficient (Wildman–Crippen LogP) is 2.00. The van der Waals surface area contributed by atoms with Crippen molar-refractivity contribution in [3.63, 3.8) is 0 Å². The smallest absolute Gasteiger partial charge is 0.315 e. The summed E-state index contributed by atoms with van der Waals surface area (Å²) in [4.78, 5) is 22.5. The Morgan fingerprint density at radius 1 is 1.43 bits per heavy atom. The molecule has 0 heterocycles. The van der Waals surface area contributed by atoms with Crippen LogP contribution in [0.25, 0.3) is 0 Å². The minimum absolute atomic E-state index is 0.0921. The summed E-state index contributed by atoms with van der Waals surface area (Å²) in [5, 5.41) is 22.9. The second-order valence-corrected chi connectivity index (χ2v) is 4.72. The van der Waals surface area contributed by atoms with Gasteiger partial charge in [0.05, 0.1) is 18.1 Å². The average molecular weight is 289 g/mol. The van der Waals surface area contributed by atoms with E-state index in [1.807, 2.05) is 19.1 Å². The van der Waals surface area contributed by atoms with Gasteiger partial charge in [-0.3, -0.25) is 4.79 Å². The van der Waals surface area contributed by atoms with Gasteiger partial charge in [-0.05, 0) is 24.1 Å². The van der Waals surface area contributed by atoms with Crippen LogP contribution in [-0.4, -0.2) is 23.1 Å². The van der Waals surface area contributed by atoms with Crippen LogP contribution in [0, 0.1) is 11.3 Å². The van der Waals surface area contributed by atoms with Crippen molar-refractivity contribution in [2.24, 2.45) is 0 Å². The number of urea groups is 1. The molecule has 112 valence electrons. The van der Waals surface area contributed by atoms with Gasteiger partial charge in [0.2, 0.25) is 0 Å². The number of hydrogen-bond acceptors (Lipinski definition) is 3. The topological polar surface area (TPSA) is 102 Å². The van der Waals surface area contributed by atoms with Crippen molar-refractivity contribution in [3.05, 3.63) is 35.4 Å². The van der Waals surface area contributed by atoms with Crippen LogP contribution in [0.4, 0.5) is 4.79 Å². The lowest BCUT2D eigenvalue weighted by atomic mass is 10.1. The van der Waals surface area contributed by atoms with Crippen LogP contribution in [0.2, 0.25) is 0 Å². The molecule has 0 fully saturated rings. The van der Waals surface area contributed by atoms with Crippen molar-refractivity contribution in [1.82, 2.24) is 10.6 Å². The molecule has 1 rings (SSSR count). The molecule has 0 aliphatic rings. The molecular formula is C15H19N3O3. The lowest BCUT2D eigenvalue weighted by Gasteiger charge is -2.16. The highest BCUT2D eigenvalue weighted by Crippen LogP contribution is 2.04. The molecule has 1 unspecified atom stereocenters. The molecule has 0 aliphatic carbocycles. The first-order chi connectivity index (χ1) is 10.0. The van der Waals surface area contributed by atoms with E-state index in [9.17, 15) is 9.59 Å². The highest BCUT2D eigenvalue weighted by atomic mass is 16.4. The van der Waals surface area contributed by atoms with Crippen LogP contribution in [0.15, 0.2) is 24.3 Å². The molecule has 0 saturated carbocycles. The molecule has 0 aromatic heterocycles. The largest absolute Gasteiger partial charge is 0.481 e. The van der Waals surface area contributed by atoms with Crippen molar-refractivity contribution < 1.29 is 14.7 Å². The Balaban J connectivity index is 2.48. The van der Waals surface area contributed by atoms with Gasteiger partial charge in [-0.1, -0.05) is 25.5 Å². The first-order valence-electron chi connectivity index (χ1n) is 6.80. The van der Waals surface area contributed by atoms with Gasteiger partial charge in [-0.2, -0.15) is 5.26 Å². The first kappa shape index (κ1) is 16.5. The SMILES string of the molecule is CCCC(CC(=O)O)NC(=O)NCc1cccc(C#N)c1. The number of nitriles is 1. The number of nitrogens with one attached hydrogen (secondary N) is 2. The predicted molar refractivity (Wildman–Crippen MR) is 77.5 cm³/mol. The third kappa shape index (κ3) is 6.43. The number of amides is 2. The number of carbonyl (C=O) groups is 2. The van der Waals surface area contributed by atoms with E-state index in [-0.39, 0.29) is 19.0 Å². The summed E-state index contributed by atoms with van der Waals surface area (Å²) >= 11 is 0. The lowest BCUT2D eigenvalue weighted by Crippen LogP contribution is -2.42.